The SMILES string of the molecule is OC/C(=C\c1cccc2c1sc1ccccc12)c1ccccc1. The van der Waals surface area contributed by atoms with Crippen molar-refractivity contribution in [2.24, 2.45) is 0 Å². The fraction of sp³-hybridized carbons (Fsp3) is 0.0476. The Morgan fingerprint density at radius 2 is 1.57 bits per heavy atom. The van der Waals surface area contributed by atoms with Crippen LogP contribution in [0.3, 0.4) is 0 Å². The molecule has 0 saturated carbocycles. The van der Waals surface area contributed by atoms with E-state index < -0.39 is 0 Å². The van der Waals surface area contributed by atoms with Crippen molar-refractivity contribution in [1.82, 2.24) is 0 Å². The van der Waals surface area contributed by atoms with E-state index in [2.05, 4.69) is 48.5 Å². The van der Waals surface area contributed by atoms with Gasteiger partial charge >= 0.3 is 0 Å². The maximum Gasteiger partial charge on any atom is 0.0687 e. The Hall–Kier alpha value is -2.42. The molecule has 0 aliphatic carbocycles. The highest BCUT2D eigenvalue weighted by Crippen LogP contribution is 2.36. The van der Waals surface area contributed by atoms with Crippen molar-refractivity contribution in [1.29, 1.82) is 0 Å². The fourth-order valence-corrected chi connectivity index (χ4v) is 4.13. The van der Waals surface area contributed by atoms with Crippen LogP contribution in [0.25, 0.3) is 31.8 Å². The highest BCUT2D eigenvalue weighted by atomic mass is 32.1. The van der Waals surface area contributed by atoms with E-state index in [1.165, 1.54) is 20.2 Å². The number of benzene rings is 3. The maximum absolute atomic E-state index is 9.79. The molecule has 0 aliphatic heterocycles. The first kappa shape index (κ1) is 14.2. The molecule has 1 nitrogen and oxygen atoms in total. The average Bonchev–Trinajstić information content (AvgIpc) is 3.00. The third-order valence-corrected chi connectivity index (χ3v) is 5.32. The van der Waals surface area contributed by atoms with Gasteiger partial charge in [0, 0.05) is 20.2 Å². The Labute approximate surface area is 139 Å². The van der Waals surface area contributed by atoms with Gasteiger partial charge in [-0.25, -0.2) is 0 Å². The topological polar surface area (TPSA) is 20.2 Å². The minimum atomic E-state index is 0.0330. The van der Waals surface area contributed by atoms with Crippen LogP contribution in [0.4, 0.5) is 0 Å². The van der Waals surface area contributed by atoms with E-state index in [9.17, 15) is 5.11 Å². The standard InChI is InChI=1S/C21H16OS/c22-14-17(15-7-2-1-3-8-15)13-16-9-6-11-19-18-10-4-5-12-20(18)23-21(16)19/h1-13,22H,14H2/b17-13+. The van der Waals surface area contributed by atoms with E-state index in [1.807, 2.05) is 41.7 Å². The lowest BCUT2D eigenvalue weighted by Gasteiger charge is -2.05. The molecule has 0 unspecified atom stereocenters. The van der Waals surface area contributed by atoms with E-state index in [-0.39, 0.29) is 6.61 Å². The maximum atomic E-state index is 9.79. The largest absolute Gasteiger partial charge is 0.392 e. The number of hydrogen-bond acceptors (Lipinski definition) is 2. The van der Waals surface area contributed by atoms with Gasteiger partial charge in [0.15, 0.2) is 0 Å². The van der Waals surface area contributed by atoms with Crippen molar-refractivity contribution < 1.29 is 5.11 Å². The minimum Gasteiger partial charge on any atom is -0.392 e. The van der Waals surface area contributed by atoms with Crippen LogP contribution in [0.15, 0.2) is 72.8 Å². The van der Waals surface area contributed by atoms with Gasteiger partial charge in [-0.05, 0) is 28.8 Å². The van der Waals surface area contributed by atoms with Crippen molar-refractivity contribution in [2.45, 2.75) is 0 Å². The molecular formula is C21H16OS. The van der Waals surface area contributed by atoms with Gasteiger partial charge in [-0.15, -0.1) is 11.3 Å². The number of hydrogen-bond donors (Lipinski definition) is 1. The normalized spacial score (nSPS) is 12.1. The number of aliphatic hydroxyl groups excluding tert-OH is 1. The van der Waals surface area contributed by atoms with Crippen molar-refractivity contribution in [2.75, 3.05) is 6.61 Å². The number of aliphatic hydroxyl groups is 1. The highest BCUT2D eigenvalue weighted by molar-refractivity contribution is 7.26. The van der Waals surface area contributed by atoms with Crippen LogP contribution in [-0.2, 0) is 0 Å². The van der Waals surface area contributed by atoms with Crippen molar-refractivity contribution in [3.63, 3.8) is 0 Å². The van der Waals surface area contributed by atoms with Crippen LogP contribution in [0.1, 0.15) is 11.1 Å². The van der Waals surface area contributed by atoms with Gasteiger partial charge in [0.1, 0.15) is 0 Å². The molecular weight excluding hydrogens is 300 g/mol. The van der Waals surface area contributed by atoms with Crippen molar-refractivity contribution in [3.05, 3.63) is 83.9 Å². The van der Waals surface area contributed by atoms with Crippen LogP contribution < -0.4 is 0 Å². The first-order chi connectivity index (χ1) is 11.4. The highest BCUT2D eigenvalue weighted by Gasteiger charge is 2.08. The number of thiophene rings is 1. The van der Waals surface area contributed by atoms with Crippen LogP contribution in [0.2, 0.25) is 0 Å². The van der Waals surface area contributed by atoms with Crippen LogP contribution >= 0.6 is 11.3 Å². The summed E-state index contributed by atoms with van der Waals surface area (Å²) in [5.41, 5.74) is 3.17. The Bertz CT molecular complexity index is 996. The van der Waals surface area contributed by atoms with Gasteiger partial charge in [0.05, 0.1) is 6.61 Å². The summed E-state index contributed by atoms with van der Waals surface area (Å²) in [7, 11) is 0. The smallest absolute Gasteiger partial charge is 0.0687 e. The van der Waals surface area contributed by atoms with Gasteiger partial charge < -0.3 is 5.11 Å². The summed E-state index contributed by atoms with van der Waals surface area (Å²) in [6.07, 6.45) is 2.10. The van der Waals surface area contributed by atoms with Gasteiger partial charge in [-0.2, -0.15) is 0 Å². The summed E-state index contributed by atoms with van der Waals surface area (Å²) in [5.74, 6) is 0. The van der Waals surface area contributed by atoms with E-state index in [1.54, 1.807) is 0 Å². The molecule has 0 atom stereocenters. The summed E-state index contributed by atoms with van der Waals surface area (Å²) in [4.78, 5) is 0. The first-order valence-corrected chi connectivity index (χ1v) is 8.45. The molecule has 1 heterocycles. The van der Waals surface area contributed by atoms with E-state index in [0.29, 0.717) is 0 Å². The molecule has 23 heavy (non-hydrogen) atoms. The summed E-state index contributed by atoms with van der Waals surface area (Å²) in [5, 5.41) is 12.4. The molecule has 4 aromatic rings. The van der Waals surface area contributed by atoms with Gasteiger partial charge in [0.25, 0.3) is 0 Å². The van der Waals surface area contributed by atoms with E-state index in [0.717, 1.165) is 16.7 Å². The predicted molar refractivity (Wildman–Crippen MR) is 101 cm³/mol. The Balaban J connectivity index is 1.93. The number of rotatable bonds is 3. The second kappa shape index (κ2) is 5.99. The molecule has 4 rings (SSSR count). The van der Waals surface area contributed by atoms with Crippen LogP contribution in [-0.4, -0.2) is 11.7 Å². The lowest BCUT2D eigenvalue weighted by molar-refractivity contribution is 0.351. The first-order valence-electron chi connectivity index (χ1n) is 7.64. The molecule has 0 bridgehead atoms. The number of fused-ring (bicyclic) bond motifs is 3. The second-order valence-electron chi connectivity index (χ2n) is 5.52. The van der Waals surface area contributed by atoms with Crippen LogP contribution in [0, 0.1) is 0 Å². The minimum absolute atomic E-state index is 0.0330. The predicted octanol–water partition coefficient (Wildman–Crippen LogP) is 5.59. The quantitative estimate of drug-likeness (QED) is 0.489. The zero-order chi connectivity index (χ0) is 15.6. The van der Waals surface area contributed by atoms with Crippen molar-refractivity contribution >= 4 is 43.2 Å². The summed E-state index contributed by atoms with van der Waals surface area (Å²) in [6, 6.07) is 24.9. The van der Waals surface area contributed by atoms with Gasteiger partial charge in [0.2, 0.25) is 0 Å². The molecule has 0 radical (unpaired) electrons. The molecule has 112 valence electrons. The summed E-state index contributed by atoms with van der Waals surface area (Å²) < 4.78 is 2.57. The molecule has 0 aliphatic rings. The summed E-state index contributed by atoms with van der Waals surface area (Å²) >= 11 is 1.81. The second-order valence-corrected chi connectivity index (χ2v) is 6.57. The monoisotopic (exact) mass is 316 g/mol. The molecule has 0 saturated heterocycles. The van der Waals surface area contributed by atoms with E-state index >= 15 is 0 Å². The lowest BCUT2D eigenvalue weighted by atomic mass is 10.0. The van der Waals surface area contributed by atoms with Gasteiger partial charge in [-0.1, -0.05) is 66.7 Å². The summed E-state index contributed by atoms with van der Waals surface area (Å²) in [6.45, 7) is 0.0330. The fourth-order valence-electron chi connectivity index (χ4n) is 2.94. The van der Waals surface area contributed by atoms with E-state index in [4.69, 9.17) is 0 Å². The molecule has 0 fully saturated rings. The molecule has 2 heteroatoms. The Morgan fingerprint density at radius 3 is 2.39 bits per heavy atom. The van der Waals surface area contributed by atoms with Gasteiger partial charge in [-0.3, -0.25) is 0 Å². The third-order valence-electron chi connectivity index (χ3n) is 4.08. The average molecular weight is 316 g/mol. The molecule has 0 amide bonds. The van der Waals surface area contributed by atoms with Crippen LogP contribution in [0.5, 0.6) is 0 Å². The zero-order valence-electron chi connectivity index (χ0n) is 12.6. The molecule has 1 aromatic heterocycles. The van der Waals surface area contributed by atoms with Crippen molar-refractivity contribution in [3.8, 4) is 0 Å². The lowest BCUT2D eigenvalue weighted by Crippen LogP contribution is -1.90. The zero-order valence-corrected chi connectivity index (χ0v) is 13.4. The third kappa shape index (κ3) is 2.56. The molecule has 0 spiro atoms. The Morgan fingerprint density at radius 1 is 0.826 bits per heavy atom. The molecule has 3 aromatic carbocycles. The molecule has 1 N–H and O–H groups in total. The Kier molecular flexibility index (Phi) is 3.70.